The second kappa shape index (κ2) is 8.55. The van der Waals surface area contributed by atoms with Crippen LogP contribution < -0.4 is 4.74 Å². The van der Waals surface area contributed by atoms with E-state index in [1.165, 1.54) is 0 Å². The Morgan fingerprint density at radius 2 is 1.87 bits per heavy atom. The Kier molecular flexibility index (Phi) is 5.82. The second-order valence-corrected chi connectivity index (χ2v) is 10.0. The molecule has 0 radical (unpaired) electrons. The van der Waals surface area contributed by atoms with Gasteiger partial charge in [0.25, 0.3) is 5.91 Å². The summed E-state index contributed by atoms with van der Waals surface area (Å²) in [5, 5.41) is 3.97. The number of nitrogens with zero attached hydrogens (tertiary/aromatic N) is 2. The van der Waals surface area contributed by atoms with Crippen LogP contribution in [0.2, 0.25) is 0 Å². The number of ether oxygens (including phenoxy) is 1. The first kappa shape index (κ1) is 21.1. The Morgan fingerprint density at radius 3 is 2.48 bits per heavy atom. The van der Waals surface area contributed by atoms with Crippen LogP contribution in [0.1, 0.15) is 28.0 Å². The molecule has 162 valence electrons. The van der Waals surface area contributed by atoms with Crippen molar-refractivity contribution in [3.8, 4) is 17.1 Å². The van der Waals surface area contributed by atoms with E-state index in [4.69, 9.17) is 9.26 Å². The summed E-state index contributed by atoms with van der Waals surface area (Å²) < 4.78 is 34.7. The second-order valence-electron chi connectivity index (χ2n) is 7.78. The number of rotatable bonds is 6. The van der Waals surface area contributed by atoms with E-state index in [1.54, 1.807) is 30.2 Å². The lowest BCUT2D eigenvalue weighted by molar-refractivity contribution is 0.0670. The van der Waals surface area contributed by atoms with Crippen LogP contribution >= 0.6 is 0 Å². The van der Waals surface area contributed by atoms with Crippen molar-refractivity contribution < 1.29 is 22.5 Å². The number of benzene rings is 2. The average molecular weight is 441 g/mol. The molecule has 2 heterocycles. The third-order valence-electron chi connectivity index (χ3n) is 5.49. The summed E-state index contributed by atoms with van der Waals surface area (Å²) in [6, 6.07) is 16.3. The molecule has 0 N–H and O–H groups in total. The van der Waals surface area contributed by atoms with Gasteiger partial charge in [-0.15, -0.1) is 0 Å². The van der Waals surface area contributed by atoms with Crippen molar-refractivity contribution in [3.63, 3.8) is 0 Å². The summed E-state index contributed by atoms with van der Waals surface area (Å²) >= 11 is 0. The molecule has 1 aromatic heterocycles. The molecule has 3 aromatic rings. The summed E-state index contributed by atoms with van der Waals surface area (Å²) in [4.78, 5) is 14.9. The molecule has 8 heteroatoms. The third-order valence-corrected chi connectivity index (χ3v) is 7.24. The predicted octanol–water partition coefficient (Wildman–Crippen LogP) is 3.49. The van der Waals surface area contributed by atoms with Crippen molar-refractivity contribution in [2.75, 3.05) is 18.6 Å². The predicted molar refractivity (Wildman–Crippen MR) is 117 cm³/mol. The molecule has 0 saturated carbocycles. The van der Waals surface area contributed by atoms with Crippen LogP contribution in [0.3, 0.4) is 0 Å². The average Bonchev–Trinajstić information content (AvgIpc) is 3.39. The number of carbonyl (C=O) groups is 1. The highest BCUT2D eigenvalue weighted by atomic mass is 32.2. The smallest absolute Gasteiger partial charge is 0.276 e. The number of methoxy groups -OCH3 is 1. The third kappa shape index (κ3) is 4.80. The van der Waals surface area contributed by atoms with Crippen LogP contribution in [0.4, 0.5) is 0 Å². The van der Waals surface area contributed by atoms with Gasteiger partial charge in [-0.25, -0.2) is 8.42 Å². The van der Waals surface area contributed by atoms with Gasteiger partial charge in [0.2, 0.25) is 0 Å². The topological polar surface area (TPSA) is 89.7 Å². The SMILES string of the molecule is COc1ccc(-c2cc(C(=O)N(Cc3ccc(C)cc3)[C@H]3CCS(=O)(=O)C3)no2)cc1. The molecule has 0 aliphatic carbocycles. The lowest BCUT2D eigenvalue weighted by Crippen LogP contribution is -2.40. The van der Waals surface area contributed by atoms with Crippen molar-refractivity contribution in [2.24, 2.45) is 0 Å². The van der Waals surface area contributed by atoms with Crippen molar-refractivity contribution >= 4 is 15.7 Å². The summed E-state index contributed by atoms with van der Waals surface area (Å²) in [5.41, 5.74) is 2.97. The lowest BCUT2D eigenvalue weighted by atomic mass is 10.1. The Hall–Kier alpha value is -3.13. The highest BCUT2D eigenvalue weighted by Gasteiger charge is 2.36. The number of aryl methyl sites for hydroxylation is 1. The van der Waals surface area contributed by atoms with E-state index < -0.39 is 9.84 Å². The molecule has 7 nitrogen and oxygen atoms in total. The zero-order valence-electron chi connectivity index (χ0n) is 17.4. The summed E-state index contributed by atoms with van der Waals surface area (Å²) in [6.07, 6.45) is 0.420. The molecule has 0 unspecified atom stereocenters. The van der Waals surface area contributed by atoms with E-state index in [-0.39, 0.29) is 29.1 Å². The van der Waals surface area contributed by atoms with Gasteiger partial charge in [-0.05, 0) is 43.2 Å². The maximum absolute atomic E-state index is 13.3. The largest absolute Gasteiger partial charge is 0.497 e. The fraction of sp³-hybridized carbons (Fsp3) is 0.304. The Morgan fingerprint density at radius 1 is 1.16 bits per heavy atom. The van der Waals surface area contributed by atoms with Crippen LogP contribution in [0.25, 0.3) is 11.3 Å². The number of sulfone groups is 1. The molecule has 1 saturated heterocycles. The van der Waals surface area contributed by atoms with Crippen molar-refractivity contribution in [3.05, 3.63) is 71.4 Å². The van der Waals surface area contributed by atoms with E-state index >= 15 is 0 Å². The van der Waals surface area contributed by atoms with E-state index in [9.17, 15) is 13.2 Å². The molecular weight excluding hydrogens is 416 g/mol. The molecule has 1 aliphatic heterocycles. The number of amides is 1. The Balaban J connectivity index is 1.60. The van der Waals surface area contributed by atoms with Crippen LogP contribution in [-0.2, 0) is 16.4 Å². The van der Waals surface area contributed by atoms with Gasteiger partial charge in [0.1, 0.15) is 5.75 Å². The molecule has 4 rings (SSSR count). The van der Waals surface area contributed by atoms with Crippen LogP contribution in [0.5, 0.6) is 5.75 Å². The van der Waals surface area contributed by atoms with Gasteiger partial charge < -0.3 is 14.2 Å². The van der Waals surface area contributed by atoms with Crippen LogP contribution in [-0.4, -0.2) is 49.0 Å². The van der Waals surface area contributed by atoms with Gasteiger partial charge >= 0.3 is 0 Å². The van der Waals surface area contributed by atoms with Gasteiger partial charge in [0, 0.05) is 24.2 Å². The minimum Gasteiger partial charge on any atom is -0.497 e. The maximum atomic E-state index is 13.3. The molecule has 0 bridgehead atoms. The number of aromatic nitrogens is 1. The van der Waals surface area contributed by atoms with Gasteiger partial charge in [-0.3, -0.25) is 4.79 Å². The monoisotopic (exact) mass is 440 g/mol. The first-order chi connectivity index (χ1) is 14.8. The highest BCUT2D eigenvalue weighted by Crippen LogP contribution is 2.26. The normalized spacial score (nSPS) is 17.4. The molecule has 1 aliphatic rings. The zero-order valence-corrected chi connectivity index (χ0v) is 18.3. The van der Waals surface area contributed by atoms with Gasteiger partial charge in [-0.1, -0.05) is 35.0 Å². The summed E-state index contributed by atoms with van der Waals surface area (Å²) in [7, 11) is -1.56. The first-order valence-corrected chi connectivity index (χ1v) is 11.8. The van der Waals surface area contributed by atoms with Gasteiger partial charge in [0.15, 0.2) is 21.3 Å². The summed E-state index contributed by atoms with van der Waals surface area (Å²) in [6.45, 7) is 2.30. The Bertz CT molecular complexity index is 1170. The van der Waals surface area contributed by atoms with Crippen LogP contribution in [0, 0.1) is 6.92 Å². The van der Waals surface area contributed by atoms with Crippen molar-refractivity contribution in [2.45, 2.75) is 25.9 Å². The molecule has 2 aromatic carbocycles. The van der Waals surface area contributed by atoms with Gasteiger partial charge in [0.05, 0.1) is 18.6 Å². The van der Waals surface area contributed by atoms with E-state index in [0.29, 0.717) is 24.5 Å². The Labute approximate surface area is 181 Å². The lowest BCUT2D eigenvalue weighted by Gasteiger charge is -2.27. The van der Waals surface area contributed by atoms with Gasteiger partial charge in [-0.2, -0.15) is 0 Å². The van der Waals surface area contributed by atoms with Crippen molar-refractivity contribution in [1.29, 1.82) is 0 Å². The number of carbonyl (C=O) groups excluding carboxylic acids is 1. The fourth-order valence-corrected chi connectivity index (χ4v) is 5.42. The van der Waals surface area contributed by atoms with Crippen LogP contribution in [0.15, 0.2) is 59.1 Å². The maximum Gasteiger partial charge on any atom is 0.276 e. The molecule has 0 spiro atoms. The standard InChI is InChI=1S/C23H24N2O5S/c1-16-3-5-17(6-4-16)14-25(19-11-12-31(27,28)15-19)23(26)21-13-22(30-24-21)18-7-9-20(29-2)10-8-18/h3-10,13,19H,11-12,14-15H2,1-2H3/t19-/m0/s1. The molecule has 1 atom stereocenters. The number of hydrogen-bond acceptors (Lipinski definition) is 6. The van der Waals surface area contributed by atoms with E-state index in [2.05, 4.69) is 5.16 Å². The number of hydrogen-bond donors (Lipinski definition) is 0. The zero-order chi connectivity index (χ0) is 22.0. The van der Waals surface area contributed by atoms with Crippen molar-refractivity contribution in [1.82, 2.24) is 10.1 Å². The molecule has 1 amide bonds. The van der Waals surface area contributed by atoms with E-state index in [0.717, 1.165) is 16.7 Å². The summed E-state index contributed by atoms with van der Waals surface area (Å²) in [5.74, 6) is 0.886. The minimum absolute atomic E-state index is 0.0339. The minimum atomic E-state index is -3.15. The fourth-order valence-electron chi connectivity index (χ4n) is 3.69. The highest BCUT2D eigenvalue weighted by molar-refractivity contribution is 7.91. The first-order valence-electron chi connectivity index (χ1n) is 10.0. The molecule has 1 fully saturated rings. The van der Waals surface area contributed by atoms with E-state index in [1.807, 2.05) is 43.3 Å². The quantitative estimate of drug-likeness (QED) is 0.583. The molecular formula is C23H24N2O5S. The molecule has 31 heavy (non-hydrogen) atoms.